The molecule has 0 saturated carbocycles. The van der Waals surface area contributed by atoms with E-state index in [1.165, 1.54) is 43.1 Å². The second kappa shape index (κ2) is 7.78. The predicted molar refractivity (Wildman–Crippen MR) is 157 cm³/mol. The number of rotatable bonds is 2. The van der Waals surface area contributed by atoms with E-state index in [9.17, 15) is 0 Å². The molecular formula is C35H22N2. The van der Waals surface area contributed by atoms with Gasteiger partial charge in [0, 0.05) is 11.3 Å². The Morgan fingerprint density at radius 3 is 1.68 bits per heavy atom. The first-order valence-corrected chi connectivity index (χ1v) is 12.7. The molecule has 0 atom stereocenters. The van der Waals surface area contributed by atoms with E-state index < -0.39 is 0 Å². The number of aromatic nitrogens is 2. The van der Waals surface area contributed by atoms with Crippen LogP contribution in [0.15, 0.2) is 133 Å². The van der Waals surface area contributed by atoms with Crippen molar-refractivity contribution in [3.63, 3.8) is 0 Å². The number of hydrogen-bond acceptors (Lipinski definition) is 1. The molecule has 37 heavy (non-hydrogen) atoms. The van der Waals surface area contributed by atoms with Gasteiger partial charge in [-0.15, -0.1) is 0 Å². The molecule has 0 aliphatic heterocycles. The van der Waals surface area contributed by atoms with Crippen molar-refractivity contribution in [2.45, 2.75) is 0 Å². The van der Waals surface area contributed by atoms with Crippen molar-refractivity contribution in [3.05, 3.63) is 133 Å². The summed E-state index contributed by atoms with van der Waals surface area (Å²) in [5.41, 5.74) is 4.35. The fraction of sp³-hybridized carbons (Fsp3) is 0. The standard InChI is InChI=1S/C35H22N2/c1-2-12-23(13-3-1)37-33-21-11-10-20-32(33)36-35(37)31-22-30-26-16-5-4-14-24(26)25-15-6-8-18-28(25)34(30)29-19-9-7-17-27(29)31/h1-22H. The minimum absolute atomic E-state index is 0.961. The Hall–Kier alpha value is -4.95. The lowest BCUT2D eigenvalue weighted by Crippen LogP contribution is -1.98. The lowest BCUT2D eigenvalue weighted by molar-refractivity contribution is 1.11. The summed E-state index contributed by atoms with van der Waals surface area (Å²) in [5, 5.41) is 10.2. The Kier molecular flexibility index (Phi) is 4.26. The van der Waals surface area contributed by atoms with E-state index in [0.29, 0.717) is 0 Å². The summed E-state index contributed by atoms with van der Waals surface area (Å²) < 4.78 is 2.30. The highest BCUT2D eigenvalue weighted by atomic mass is 15.1. The molecule has 2 heteroatoms. The van der Waals surface area contributed by atoms with Gasteiger partial charge in [-0.3, -0.25) is 4.57 Å². The molecule has 0 N–H and O–H groups in total. The van der Waals surface area contributed by atoms with E-state index in [0.717, 1.165) is 28.1 Å². The molecule has 172 valence electrons. The number of fused-ring (bicyclic) bond motifs is 9. The normalized spacial score (nSPS) is 11.8. The van der Waals surface area contributed by atoms with Gasteiger partial charge in [0.25, 0.3) is 0 Å². The molecule has 0 fully saturated rings. The van der Waals surface area contributed by atoms with E-state index >= 15 is 0 Å². The monoisotopic (exact) mass is 470 g/mol. The summed E-state index contributed by atoms with van der Waals surface area (Å²) in [7, 11) is 0. The Bertz CT molecular complexity index is 2140. The second-order valence-corrected chi connectivity index (χ2v) is 9.58. The summed E-state index contributed by atoms with van der Waals surface area (Å²) >= 11 is 0. The topological polar surface area (TPSA) is 17.8 Å². The van der Waals surface area contributed by atoms with Gasteiger partial charge in [-0.05, 0) is 73.4 Å². The Balaban J connectivity index is 1.61. The molecule has 0 bridgehead atoms. The van der Waals surface area contributed by atoms with E-state index in [-0.39, 0.29) is 0 Å². The maximum absolute atomic E-state index is 5.22. The van der Waals surface area contributed by atoms with Gasteiger partial charge in [-0.1, -0.05) is 103 Å². The highest BCUT2D eigenvalue weighted by Crippen LogP contribution is 2.43. The molecule has 0 amide bonds. The van der Waals surface area contributed by atoms with Crippen molar-refractivity contribution in [1.82, 2.24) is 9.55 Å². The fourth-order valence-corrected chi connectivity index (χ4v) is 6.00. The van der Waals surface area contributed by atoms with Crippen LogP contribution in [-0.2, 0) is 0 Å². The van der Waals surface area contributed by atoms with Gasteiger partial charge in [0.2, 0.25) is 0 Å². The maximum Gasteiger partial charge on any atom is 0.146 e. The number of hydrogen-bond donors (Lipinski definition) is 0. The van der Waals surface area contributed by atoms with Gasteiger partial charge >= 0.3 is 0 Å². The van der Waals surface area contributed by atoms with Crippen molar-refractivity contribution in [2.75, 3.05) is 0 Å². The lowest BCUT2D eigenvalue weighted by atomic mass is 9.89. The van der Waals surface area contributed by atoms with Crippen molar-refractivity contribution < 1.29 is 0 Å². The molecular weight excluding hydrogens is 448 g/mol. The predicted octanol–water partition coefficient (Wildman–Crippen LogP) is 9.31. The van der Waals surface area contributed by atoms with Crippen LogP contribution >= 0.6 is 0 Å². The van der Waals surface area contributed by atoms with Crippen LogP contribution in [0.2, 0.25) is 0 Å². The molecule has 0 aliphatic carbocycles. The van der Waals surface area contributed by atoms with Crippen molar-refractivity contribution in [1.29, 1.82) is 0 Å². The molecule has 7 aromatic carbocycles. The zero-order chi connectivity index (χ0) is 24.3. The summed E-state index contributed by atoms with van der Waals surface area (Å²) in [6, 6.07) is 47.7. The molecule has 0 unspecified atom stereocenters. The summed E-state index contributed by atoms with van der Waals surface area (Å²) in [4.78, 5) is 5.22. The van der Waals surface area contributed by atoms with Crippen LogP contribution < -0.4 is 0 Å². The van der Waals surface area contributed by atoms with E-state index in [1.807, 2.05) is 0 Å². The SMILES string of the molecule is c1ccc(-n2c(-c3cc4c5ccccc5c5ccccc5c4c4ccccc34)nc3ccccc32)cc1. The molecule has 1 aromatic heterocycles. The van der Waals surface area contributed by atoms with Crippen LogP contribution in [0.1, 0.15) is 0 Å². The summed E-state index contributed by atoms with van der Waals surface area (Å²) in [6.07, 6.45) is 0. The average Bonchev–Trinajstić information content (AvgIpc) is 3.36. The zero-order valence-electron chi connectivity index (χ0n) is 20.1. The van der Waals surface area contributed by atoms with Crippen LogP contribution in [0.3, 0.4) is 0 Å². The Morgan fingerprint density at radius 2 is 0.946 bits per heavy atom. The first-order valence-electron chi connectivity index (χ1n) is 12.7. The molecule has 8 rings (SSSR count). The van der Waals surface area contributed by atoms with Gasteiger partial charge < -0.3 is 0 Å². The summed E-state index contributed by atoms with van der Waals surface area (Å²) in [6.45, 7) is 0. The number of benzene rings is 7. The average molecular weight is 471 g/mol. The first-order chi connectivity index (χ1) is 18.4. The van der Waals surface area contributed by atoms with Crippen LogP contribution in [0, 0.1) is 0 Å². The van der Waals surface area contributed by atoms with Gasteiger partial charge in [-0.2, -0.15) is 0 Å². The lowest BCUT2D eigenvalue weighted by Gasteiger charge is -2.17. The van der Waals surface area contributed by atoms with Crippen molar-refractivity contribution in [2.24, 2.45) is 0 Å². The highest BCUT2D eigenvalue weighted by Gasteiger charge is 2.19. The fourth-order valence-electron chi connectivity index (χ4n) is 6.00. The minimum atomic E-state index is 0.961. The van der Waals surface area contributed by atoms with Crippen LogP contribution in [0.4, 0.5) is 0 Å². The zero-order valence-corrected chi connectivity index (χ0v) is 20.1. The van der Waals surface area contributed by atoms with E-state index in [4.69, 9.17) is 4.98 Å². The molecule has 0 aliphatic rings. The van der Waals surface area contributed by atoms with Gasteiger partial charge in [0.05, 0.1) is 11.0 Å². The smallest absolute Gasteiger partial charge is 0.146 e. The third-order valence-electron chi connectivity index (χ3n) is 7.56. The largest absolute Gasteiger partial charge is 0.292 e. The highest BCUT2D eigenvalue weighted by molar-refractivity contribution is 6.32. The van der Waals surface area contributed by atoms with E-state index in [2.05, 4.69) is 138 Å². The first kappa shape index (κ1) is 20.3. The minimum Gasteiger partial charge on any atom is -0.292 e. The Morgan fingerprint density at radius 1 is 0.432 bits per heavy atom. The van der Waals surface area contributed by atoms with Crippen molar-refractivity contribution in [3.8, 4) is 17.1 Å². The third-order valence-corrected chi connectivity index (χ3v) is 7.56. The van der Waals surface area contributed by atoms with Crippen LogP contribution in [0.25, 0.3) is 71.2 Å². The number of imidazole rings is 1. The molecule has 2 nitrogen and oxygen atoms in total. The molecule has 8 aromatic rings. The van der Waals surface area contributed by atoms with Crippen molar-refractivity contribution >= 4 is 54.1 Å². The Labute approximate surface area is 214 Å². The maximum atomic E-state index is 5.22. The molecule has 1 heterocycles. The second-order valence-electron chi connectivity index (χ2n) is 9.58. The molecule has 0 radical (unpaired) electrons. The molecule has 0 spiro atoms. The van der Waals surface area contributed by atoms with Gasteiger partial charge in [0.15, 0.2) is 0 Å². The third kappa shape index (κ3) is 2.90. The quantitative estimate of drug-likeness (QED) is 0.230. The number of para-hydroxylation sites is 3. The van der Waals surface area contributed by atoms with Gasteiger partial charge in [-0.25, -0.2) is 4.98 Å². The summed E-state index contributed by atoms with van der Waals surface area (Å²) in [5.74, 6) is 0.961. The van der Waals surface area contributed by atoms with Gasteiger partial charge in [0.1, 0.15) is 5.82 Å². The van der Waals surface area contributed by atoms with Crippen LogP contribution in [0.5, 0.6) is 0 Å². The number of nitrogens with zero attached hydrogens (tertiary/aromatic N) is 2. The van der Waals surface area contributed by atoms with Crippen LogP contribution in [-0.4, -0.2) is 9.55 Å². The molecule has 0 saturated heterocycles. The van der Waals surface area contributed by atoms with E-state index in [1.54, 1.807) is 0 Å².